The third-order valence-corrected chi connectivity index (χ3v) is 10.7. The number of fused-ring (bicyclic) bond motifs is 1. The van der Waals surface area contributed by atoms with Crippen LogP contribution in [0.2, 0.25) is 0 Å². The quantitative estimate of drug-likeness (QED) is 0.246. The van der Waals surface area contributed by atoms with Crippen LogP contribution >= 0.6 is 11.3 Å². The second-order valence-corrected chi connectivity index (χ2v) is 14.3. The second kappa shape index (κ2) is 10.6. The van der Waals surface area contributed by atoms with E-state index in [-0.39, 0.29) is 36.6 Å². The van der Waals surface area contributed by atoms with E-state index in [4.69, 9.17) is 4.74 Å². The smallest absolute Gasteiger partial charge is 0.304 e. The van der Waals surface area contributed by atoms with Gasteiger partial charge in [0.2, 0.25) is 0 Å². The maximum atomic E-state index is 11.8. The van der Waals surface area contributed by atoms with Gasteiger partial charge in [-0.3, -0.25) is 9.59 Å². The van der Waals surface area contributed by atoms with Gasteiger partial charge in [0.25, 0.3) is 0 Å². The van der Waals surface area contributed by atoms with E-state index in [2.05, 4.69) is 48.7 Å². The Morgan fingerprint density at radius 2 is 1.80 bits per heavy atom. The van der Waals surface area contributed by atoms with Crippen LogP contribution in [-0.2, 0) is 31.4 Å². The molecular weight excluding hydrogens is 556 g/mol. The molecule has 6 rings (SSSR count). The zero-order chi connectivity index (χ0) is 28.8. The predicted octanol–water partition coefficient (Wildman–Crippen LogP) is 6.73. The Kier molecular flexibility index (Phi) is 7.08. The number of carboxylic acid groups (broad SMARTS) is 1. The number of carbonyl (C=O) groups is 2. The van der Waals surface area contributed by atoms with E-state index in [0.717, 1.165) is 38.8 Å². The fourth-order valence-corrected chi connectivity index (χ4v) is 8.07. The molecule has 0 spiro atoms. The maximum Gasteiger partial charge on any atom is 0.304 e. The van der Waals surface area contributed by atoms with Gasteiger partial charge in [-0.25, -0.2) is 8.42 Å². The number of ketones is 1. The Morgan fingerprint density at radius 1 is 1.02 bits per heavy atom. The molecule has 1 aliphatic heterocycles. The van der Waals surface area contributed by atoms with Gasteiger partial charge in [0.15, 0.2) is 9.84 Å². The lowest BCUT2D eigenvalue weighted by atomic mass is 9.62. The summed E-state index contributed by atoms with van der Waals surface area (Å²) in [7, 11) is -2.96. The van der Waals surface area contributed by atoms with E-state index in [0.29, 0.717) is 18.8 Å². The average Bonchev–Trinajstić information content (AvgIpc) is 3.34. The predicted molar refractivity (Wildman–Crippen MR) is 162 cm³/mol. The molecule has 0 saturated heterocycles. The number of hydrogen-bond acceptors (Lipinski definition) is 6. The highest BCUT2D eigenvalue weighted by molar-refractivity contribution is 7.91. The number of aryl methyl sites for hydroxylation is 1. The minimum Gasteiger partial charge on any atom is -0.489 e. The van der Waals surface area contributed by atoms with Crippen molar-refractivity contribution in [1.82, 2.24) is 0 Å². The highest BCUT2D eigenvalue weighted by atomic mass is 32.2. The number of sulfone groups is 1. The van der Waals surface area contributed by atoms with E-state index < -0.39 is 21.2 Å². The first-order chi connectivity index (χ1) is 19.6. The molecular formula is C33H30O6S2. The van der Waals surface area contributed by atoms with Crippen LogP contribution in [0.3, 0.4) is 0 Å². The molecule has 2 aliphatic rings. The largest absolute Gasteiger partial charge is 0.489 e. The number of benzene rings is 3. The Balaban J connectivity index is 1.19. The van der Waals surface area contributed by atoms with Gasteiger partial charge in [0.1, 0.15) is 18.1 Å². The summed E-state index contributed by atoms with van der Waals surface area (Å²) in [5, 5.41) is 12.7. The summed E-state index contributed by atoms with van der Waals surface area (Å²) in [4.78, 5) is 23.0. The third kappa shape index (κ3) is 5.59. The molecule has 2 heterocycles. The Hall–Kier alpha value is -3.75. The summed E-state index contributed by atoms with van der Waals surface area (Å²) >= 11 is 1.70. The molecule has 4 aromatic rings. The lowest BCUT2D eigenvalue weighted by Crippen LogP contribution is -2.43. The van der Waals surface area contributed by atoms with E-state index in [1.54, 1.807) is 11.3 Å². The Bertz CT molecular complexity index is 1800. The van der Waals surface area contributed by atoms with Gasteiger partial charge in [-0.2, -0.15) is 0 Å². The molecule has 0 radical (unpaired) electrons. The number of ether oxygens (including phenoxy) is 1. The highest BCUT2D eigenvalue weighted by Crippen LogP contribution is 2.44. The number of thiophene rings is 1. The van der Waals surface area contributed by atoms with Crippen molar-refractivity contribution in [3.05, 3.63) is 94.4 Å². The van der Waals surface area contributed by atoms with Crippen molar-refractivity contribution in [2.45, 2.75) is 44.6 Å². The summed E-state index contributed by atoms with van der Waals surface area (Å²) < 4.78 is 30.9. The fraction of sp³-hybridized carbons (Fsp3) is 0.273. The summed E-state index contributed by atoms with van der Waals surface area (Å²) in [5.41, 5.74) is 6.94. The van der Waals surface area contributed by atoms with Crippen molar-refractivity contribution < 1.29 is 27.9 Å². The minimum absolute atomic E-state index is 0.0493. The van der Waals surface area contributed by atoms with E-state index in [1.165, 1.54) is 10.3 Å². The summed E-state index contributed by atoms with van der Waals surface area (Å²) in [5.74, 6) is 0.203. The van der Waals surface area contributed by atoms with E-state index in [1.807, 2.05) is 30.3 Å². The van der Waals surface area contributed by atoms with Crippen LogP contribution in [-0.4, -0.2) is 36.8 Å². The number of hydrogen-bond donors (Lipinski definition) is 1. The lowest BCUT2D eigenvalue weighted by Gasteiger charge is -2.39. The van der Waals surface area contributed by atoms with Crippen LogP contribution in [0.25, 0.3) is 26.8 Å². The van der Waals surface area contributed by atoms with Gasteiger partial charge in [0.05, 0.1) is 17.9 Å². The van der Waals surface area contributed by atoms with Gasteiger partial charge in [-0.05, 0) is 76.4 Å². The first kappa shape index (κ1) is 27.4. The third-order valence-electron chi connectivity index (χ3n) is 8.22. The van der Waals surface area contributed by atoms with Crippen molar-refractivity contribution in [3.63, 3.8) is 0 Å². The molecule has 0 amide bonds. The Labute approximate surface area is 243 Å². The molecule has 6 nitrogen and oxygen atoms in total. The maximum absolute atomic E-state index is 11.8. The molecule has 1 N–H and O–H groups in total. The second-order valence-electron chi connectivity index (χ2n) is 11.2. The standard InChI is InChI=1S/C33H30O6S2/c1-21-14-24(23-10-12-41(37,38)13-11-23)3-8-28(21)30-20-40-31-9-2-22(15-29(30)31)19-39-27-6-4-25(5-7-27)33(18-32(35)36)16-26(34)17-33/h2-10,14-15,20H,11-13,16-19H2,1H3,(H,35,36). The molecule has 210 valence electrons. The number of Topliss-reactive ketones (excluding diaryl/α,β-unsaturated/α-hetero) is 1. The van der Waals surface area contributed by atoms with E-state index in [9.17, 15) is 23.1 Å². The number of aliphatic carboxylic acids is 1. The molecule has 1 aromatic heterocycles. The lowest BCUT2D eigenvalue weighted by molar-refractivity contribution is -0.141. The molecule has 0 bridgehead atoms. The molecule has 1 saturated carbocycles. The SMILES string of the molecule is Cc1cc(C2=CCS(=O)(=O)CC2)ccc1-c1csc2ccc(COc3ccc(C4(CC(=O)O)CC(=O)C4)cc3)cc12. The van der Waals surface area contributed by atoms with Gasteiger partial charge in [-0.1, -0.05) is 42.5 Å². The van der Waals surface area contributed by atoms with Gasteiger partial charge < -0.3 is 9.84 Å². The molecule has 1 aliphatic carbocycles. The normalized spacial score (nSPS) is 17.6. The summed E-state index contributed by atoms with van der Waals surface area (Å²) in [6, 6.07) is 20.2. The van der Waals surface area contributed by atoms with Crippen molar-refractivity contribution >= 4 is 48.6 Å². The van der Waals surface area contributed by atoms with Crippen LogP contribution in [0.5, 0.6) is 5.75 Å². The molecule has 0 unspecified atom stereocenters. The zero-order valence-electron chi connectivity index (χ0n) is 22.7. The van der Waals surface area contributed by atoms with Crippen molar-refractivity contribution in [2.24, 2.45) is 0 Å². The van der Waals surface area contributed by atoms with Gasteiger partial charge in [-0.15, -0.1) is 11.3 Å². The molecule has 8 heteroatoms. The molecule has 41 heavy (non-hydrogen) atoms. The first-order valence-electron chi connectivity index (χ1n) is 13.6. The van der Waals surface area contributed by atoms with Crippen LogP contribution < -0.4 is 4.74 Å². The van der Waals surface area contributed by atoms with Crippen molar-refractivity contribution in [2.75, 3.05) is 11.5 Å². The highest BCUT2D eigenvalue weighted by Gasteiger charge is 2.46. The zero-order valence-corrected chi connectivity index (χ0v) is 24.3. The molecule has 0 atom stereocenters. The number of carbonyl (C=O) groups excluding carboxylic acids is 1. The van der Waals surface area contributed by atoms with Crippen molar-refractivity contribution in [1.29, 1.82) is 0 Å². The van der Waals surface area contributed by atoms with Crippen LogP contribution in [0.15, 0.2) is 72.1 Å². The monoisotopic (exact) mass is 586 g/mol. The van der Waals surface area contributed by atoms with E-state index >= 15 is 0 Å². The average molecular weight is 587 g/mol. The number of rotatable bonds is 8. The van der Waals surface area contributed by atoms with Crippen LogP contribution in [0, 0.1) is 6.92 Å². The van der Waals surface area contributed by atoms with Crippen LogP contribution in [0.4, 0.5) is 0 Å². The van der Waals surface area contributed by atoms with Crippen LogP contribution in [0.1, 0.15) is 47.9 Å². The summed E-state index contributed by atoms with van der Waals surface area (Å²) in [6.07, 6.45) is 2.89. The minimum atomic E-state index is -2.96. The summed E-state index contributed by atoms with van der Waals surface area (Å²) in [6.45, 7) is 2.48. The van der Waals surface area contributed by atoms with Gasteiger partial charge >= 0.3 is 5.97 Å². The van der Waals surface area contributed by atoms with Gasteiger partial charge in [0, 0.05) is 33.9 Å². The number of allylic oxidation sites excluding steroid dienone is 1. The molecule has 3 aromatic carbocycles. The number of carboxylic acids is 1. The topological polar surface area (TPSA) is 97.7 Å². The fourth-order valence-electron chi connectivity index (χ4n) is 5.98. The first-order valence-corrected chi connectivity index (χ1v) is 16.3. The van der Waals surface area contributed by atoms with Crippen molar-refractivity contribution in [3.8, 4) is 16.9 Å². The Morgan fingerprint density at radius 3 is 2.46 bits per heavy atom. The molecule has 1 fully saturated rings.